The molecule has 134 valence electrons. The van der Waals surface area contributed by atoms with Crippen molar-refractivity contribution in [2.75, 3.05) is 13.2 Å². The number of pyridine rings is 1. The van der Waals surface area contributed by atoms with Crippen molar-refractivity contribution < 1.29 is 9.47 Å². The quantitative estimate of drug-likeness (QED) is 0.756. The number of hydrogen-bond donors (Lipinski definition) is 1. The highest BCUT2D eigenvalue weighted by Crippen LogP contribution is 2.30. The molecule has 0 fully saturated rings. The van der Waals surface area contributed by atoms with E-state index in [1.165, 1.54) is 0 Å². The van der Waals surface area contributed by atoms with Crippen molar-refractivity contribution in [3.63, 3.8) is 0 Å². The molecule has 0 bridgehead atoms. The number of para-hydroxylation sites is 2. The number of nitrogens with zero attached hydrogens (tertiary/aromatic N) is 2. The van der Waals surface area contributed by atoms with Crippen LogP contribution in [-0.4, -0.2) is 24.2 Å². The first-order chi connectivity index (χ1) is 13.3. The summed E-state index contributed by atoms with van der Waals surface area (Å²) in [5.74, 6) is 1.59. The molecular formula is C22H19N3O2. The van der Waals surface area contributed by atoms with Gasteiger partial charge >= 0.3 is 0 Å². The molecule has 2 heterocycles. The fraction of sp³-hybridized carbons (Fsp3) is 0.182. The minimum atomic E-state index is -0.0189. The molecule has 1 aliphatic heterocycles. The number of aromatic nitrogens is 1. The smallest absolute Gasteiger partial charge is 0.161 e. The average Bonchev–Trinajstić information content (AvgIpc) is 2.74. The van der Waals surface area contributed by atoms with Crippen molar-refractivity contribution >= 4 is 0 Å². The lowest BCUT2D eigenvalue weighted by Crippen LogP contribution is -2.38. The highest BCUT2D eigenvalue weighted by Gasteiger charge is 2.19. The first-order valence-electron chi connectivity index (χ1n) is 8.85. The summed E-state index contributed by atoms with van der Waals surface area (Å²) >= 11 is 0. The van der Waals surface area contributed by atoms with Gasteiger partial charge in [-0.15, -0.1) is 0 Å². The molecule has 0 saturated carbocycles. The van der Waals surface area contributed by atoms with E-state index in [2.05, 4.69) is 22.4 Å². The maximum atomic E-state index is 8.91. The van der Waals surface area contributed by atoms with Crippen molar-refractivity contribution in [1.29, 1.82) is 5.26 Å². The molecule has 3 aromatic rings. The fourth-order valence-electron chi connectivity index (χ4n) is 3.02. The van der Waals surface area contributed by atoms with Crippen LogP contribution >= 0.6 is 0 Å². The van der Waals surface area contributed by atoms with E-state index in [0.29, 0.717) is 25.3 Å². The second kappa shape index (κ2) is 7.90. The van der Waals surface area contributed by atoms with Crippen LogP contribution in [0.2, 0.25) is 0 Å². The second-order valence-corrected chi connectivity index (χ2v) is 6.40. The zero-order valence-electron chi connectivity index (χ0n) is 14.8. The maximum absolute atomic E-state index is 8.91. The summed E-state index contributed by atoms with van der Waals surface area (Å²) in [7, 11) is 0. The minimum Gasteiger partial charge on any atom is -0.486 e. The summed E-state index contributed by atoms with van der Waals surface area (Å²) in [6, 6.07) is 19.5. The lowest BCUT2D eigenvalue weighted by Gasteiger charge is -2.26. The molecule has 2 aromatic carbocycles. The molecule has 0 radical (unpaired) electrons. The van der Waals surface area contributed by atoms with E-state index in [-0.39, 0.29) is 6.10 Å². The van der Waals surface area contributed by atoms with Crippen LogP contribution in [0.15, 0.2) is 67.0 Å². The predicted octanol–water partition coefficient (Wildman–Crippen LogP) is 3.55. The van der Waals surface area contributed by atoms with Gasteiger partial charge in [0.2, 0.25) is 0 Å². The Bertz CT molecular complexity index is 964. The van der Waals surface area contributed by atoms with Crippen LogP contribution in [0.3, 0.4) is 0 Å². The molecular weight excluding hydrogens is 338 g/mol. The molecule has 1 N–H and O–H groups in total. The summed E-state index contributed by atoms with van der Waals surface area (Å²) < 4.78 is 11.7. The summed E-state index contributed by atoms with van der Waals surface area (Å²) in [5.41, 5.74) is 3.82. The SMILES string of the molecule is N#Cc1ccc(-c2cncc(CNCC3COc4ccccc4O3)c2)cc1. The Labute approximate surface area is 158 Å². The molecule has 1 unspecified atom stereocenters. The van der Waals surface area contributed by atoms with Gasteiger partial charge in [-0.05, 0) is 41.5 Å². The van der Waals surface area contributed by atoms with Gasteiger partial charge in [0.25, 0.3) is 0 Å². The van der Waals surface area contributed by atoms with Crippen LogP contribution in [-0.2, 0) is 6.54 Å². The van der Waals surface area contributed by atoms with Crippen LogP contribution in [0.5, 0.6) is 11.5 Å². The van der Waals surface area contributed by atoms with Crippen molar-refractivity contribution in [2.45, 2.75) is 12.6 Å². The third-order valence-corrected chi connectivity index (χ3v) is 4.41. The first-order valence-corrected chi connectivity index (χ1v) is 8.85. The monoisotopic (exact) mass is 357 g/mol. The highest BCUT2D eigenvalue weighted by atomic mass is 16.6. The van der Waals surface area contributed by atoms with E-state index in [1.807, 2.05) is 60.9 Å². The Morgan fingerprint density at radius 3 is 2.67 bits per heavy atom. The Morgan fingerprint density at radius 2 is 1.85 bits per heavy atom. The Balaban J connectivity index is 1.34. The summed E-state index contributed by atoms with van der Waals surface area (Å²) in [6.45, 7) is 1.92. The van der Waals surface area contributed by atoms with E-state index in [0.717, 1.165) is 28.2 Å². The topological polar surface area (TPSA) is 67.2 Å². The molecule has 1 aliphatic rings. The van der Waals surface area contributed by atoms with Gasteiger partial charge in [0.05, 0.1) is 11.6 Å². The van der Waals surface area contributed by atoms with Crippen LogP contribution in [0.1, 0.15) is 11.1 Å². The minimum absolute atomic E-state index is 0.0189. The van der Waals surface area contributed by atoms with Crippen molar-refractivity contribution in [3.05, 3.63) is 78.1 Å². The second-order valence-electron chi connectivity index (χ2n) is 6.40. The number of fused-ring (bicyclic) bond motifs is 1. The number of hydrogen-bond acceptors (Lipinski definition) is 5. The number of nitriles is 1. The van der Waals surface area contributed by atoms with Gasteiger partial charge in [0.15, 0.2) is 11.5 Å². The van der Waals surface area contributed by atoms with E-state index in [4.69, 9.17) is 14.7 Å². The standard InChI is InChI=1S/C22H19N3O2/c23-10-16-5-7-18(8-6-16)19-9-17(11-24-13-19)12-25-14-20-15-26-21-3-1-2-4-22(21)27-20/h1-9,11,13,20,25H,12,14-15H2. The summed E-state index contributed by atoms with van der Waals surface area (Å²) in [6.07, 6.45) is 3.67. The number of nitrogens with one attached hydrogen (secondary N) is 1. The third-order valence-electron chi connectivity index (χ3n) is 4.41. The maximum Gasteiger partial charge on any atom is 0.161 e. The van der Waals surface area contributed by atoms with E-state index in [1.54, 1.807) is 0 Å². The number of rotatable bonds is 5. The van der Waals surface area contributed by atoms with Crippen LogP contribution in [0.4, 0.5) is 0 Å². The van der Waals surface area contributed by atoms with Crippen molar-refractivity contribution in [1.82, 2.24) is 10.3 Å². The van der Waals surface area contributed by atoms with Gasteiger partial charge in [-0.25, -0.2) is 0 Å². The van der Waals surface area contributed by atoms with Gasteiger partial charge in [-0.3, -0.25) is 4.98 Å². The predicted molar refractivity (Wildman–Crippen MR) is 102 cm³/mol. The van der Waals surface area contributed by atoms with Crippen LogP contribution < -0.4 is 14.8 Å². The molecule has 4 rings (SSSR count). The average molecular weight is 357 g/mol. The Kier molecular flexibility index (Phi) is 4.99. The van der Waals surface area contributed by atoms with Gasteiger partial charge in [0.1, 0.15) is 12.7 Å². The van der Waals surface area contributed by atoms with Gasteiger partial charge in [-0.2, -0.15) is 5.26 Å². The lowest BCUT2D eigenvalue weighted by molar-refractivity contribution is 0.0902. The van der Waals surface area contributed by atoms with Crippen molar-refractivity contribution in [2.24, 2.45) is 0 Å². The fourth-order valence-corrected chi connectivity index (χ4v) is 3.02. The van der Waals surface area contributed by atoms with Gasteiger partial charge in [0, 0.05) is 31.0 Å². The van der Waals surface area contributed by atoms with Gasteiger partial charge in [-0.1, -0.05) is 24.3 Å². The lowest BCUT2D eigenvalue weighted by atomic mass is 10.0. The van der Waals surface area contributed by atoms with E-state index >= 15 is 0 Å². The molecule has 0 saturated heterocycles. The number of ether oxygens (including phenoxy) is 2. The zero-order valence-corrected chi connectivity index (χ0v) is 14.8. The van der Waals surface area contributed by atoms with E-state index in [9.17, 15) is 0 Å². The molecule has 0 spiro atoms. The molecule has 5 heteroatoms. The summed E-state index contributed by atoms with van der Waals surface area (Å²) in [4.78, 5) is 4.34. The Hall–Kier alpha value is -3.36. The molecule has 1 atom stereocenters. The normalized spacial score (nSPS) is 15.1. The molecule has 5 nitrogen and oxygen atoms in total. The van der Waals surface area contributed by atoms with E-state index < -0.39 is 0 Å². The summed E-state index contributed by atoms with van der Waals surface area (Å²) in [5, 5.41) is 12.3. The third kappa shape index (κ3) is 4.08. The molecule has 0 aliphatic carbocycles. The van der Waals surface area contributed by atoms with Gasteiger partial charge < -0.3 is 14.8 Å². The zero-order chi connectivity index (χ0) is 18.5. The highest BCUT2D eigenvalue weighted by molar-refractivity contribution is 5.63. The number of benzene rings is 2. The largest absolute Gasteiger partial charge is 0.486 e. The molecule has 1 aromatic heterocycles. The molecule has 27 heavy (non-hydrogen) atoms. The van der Waals surface area contributed by atoms with Crippen LogP contribution in [0.25, 0.3) is 11.1 Å². The first kappa shape index (κ1) is 17.1. The molecule has 0 amide bonds. The van der Waals surface area contributed by atoms with Crippen molar-refractivity contribution in [3.8, 4) is 28.7 Å². The Morgan fingerprint density at radius 1 is 1.04 bits per heavy atom. The van der Waals surface area contributed by atoms with Crippen LogP contribution in [0, 0.1) is 11.3 Å².